The third-order valence-corrected chi connectivity index (χ3v) is 5.52. The van der Waals surface area contributed by atoms with Gasteiger partial charge < -0.3 is 19.9 Å². The van der Waals surface area contributed by atoms with Crippen molar-refractivity contribution in [3.8, 4) is 6.07 Å². The number of allylic oxidation sites excluding steroid dienone is 1. The molecule has 2 aliphatic rings. The SMILES string of the molecule is CN(C)CCCOCC1CCCN(C2=C(C#N)C(S(=O)(=O)O)NC=C2)C1. The first kappa shape index (κ1) is 20.7. The molecule has 0 aromatic rings. The number of nitriles is 1. The molecule has 2 N–H and O–H groups in total. The molecule has 0 aromatic carbocycles. The van der Waals surface area contributed by atoms with Gasteiger partial charge in [0.15, 0.2) is 5.37 Å². The van der Waals surface area contributed by atoms with Crippen molar-refractivity contribution in [1.82, 2.24) is 15.1 Å². The molecule has 2 aliphatic heterocycles. The Labute approximate surface area is 155 Å². The Morgan fingerprint density at radius 3 is 2.92 bits per heavy atom. The molecule has 146 valence electrons. The standard InChI is InChI=1S/C17H28N4O4S/c1-20(2)8-4-10-25-13-14-5-3-9-21(12-14)16-6-7-19-17(15(16)11-18)26(22,23)24/h6-7,14,17,19H,3-5,8-10,12-13H2,1-2H3,(H,22,23,24). The van der Waals surface area contributed by atoms with E-state index in [1.807, 2.05) is 25.1 Å². The fourth-order valence-corrected chi connectivity index (χ4v) is 4.02. The number of nitrogens with zero attached hydrogens (tertiary/aromatic N) is 3. The lowest BCUT2D eigenvalue weighted by atomic mass is 9.97. The van der Waals surface area contributed by atoms with Crippen LogP contribution in [-0.4, -0.2) is 75.1 Å². The Morgan fingerprint density at radius 2 is 2.27 bits per heavy atom. The third-order valence-electron chi connectivity index (χ3n) is 4.55. The normalized spacial score (nSPS) is 23.9. The summed E-state index contributed by atoms with van der Waals surface area (Å²) in [7, 11) is -0.331. The van der Waals surface area contributed by atoms with E-state index in [2.05, 4.69) is 10.2 Å². The van der Waals surface area contributed by atoms with E-state index in [1.165, 1.54) is 6.20 Å². The van der Waals surface area contributed by atoms with Gasteiger partial charge in [-0.2, -0.15) is 13.7 Å². The maximum absolute atomic E-state index is 11.5. The third kappa shape index (κ3) is 5.71. The second-order valence-corrected chi connectivity index (χ2v) is 8.49. The zero-order valence-corrected chi connectivity index (χ0v) is 16.2. The monoisotopic (exact) mass is 384 g/mol. The molecule has 0 bridgehead atoms. The van der Waals surface area contributed by atoms with Crippen molar-refractivity contribution in [1.29, 1.82) is 5.26 Å². The predicted molar refractivity (Wildman–Crippen MR) is 98.5 cm³/mol. The minimum Gasteiger partial charge on any atom is -0.381 e. The summed E-state index contributed by atoms with van der Waals surface area (Å²) in [5.41, 5.74) is 0.591. The minimum atomic E-state index is -4.40. The van der Waals surface area contributed by atoms with Gasteiger partial charge in [0.2, 0.25) is 0 Å². The number of piperidine rings is 1. The van der Waals surface area contributed by atoms with Gasteiger partial charge in [-0.3, -0.25) is 4.55 Å². The summed E-state index contributed by atoms with van der Waals surface area (Å²) in [5, 5.41) is 10.6. The molecule has 2 rings (SSSR count). The van der Waals surface area contributed by atoms with E-state index >= 15 is 0 Å². The lowest BCUT2D eigenvalue weighted by Gasteiger charge is -2.37. The highest BCUT2D eigenvalue weighted by Crippen LogP contribution is 2.26. The Bertz CT molecular complexity index is 681. The van der Waals surface area contributed by atoms with Crippen molar-refractivity contribution >= 4 is 10.1 Å². The molecular formula is C17H28N4O4S. The van der Waals surface area contributed by atoms with Gasteiger partial charge in [0.1, 0.15) is 6.07 Å². The van der Waals surface area contributed by atoms with Crippen molar-refractivity contribution in [2.45, 2.75) is 24.6 Å². The predicted octanol–water partition coefficient (Wildman–Crippen LogP) is 0.775. The first-order valence-corrected chi connectivity index (χ1v) is 10.3. The molecule has 0 amide bonds. The molecule has 1 fully saturated rings. The summed E-state index contributed by atoms with van der Waals surface area (Å²) in [6, 6.07) is 1.94. The van der Waals surface area contributed by atoms with Crippen LogP contribution in [0.2, 0.25) is 0 Å². The quantitative estimate of drug-likeness (QED) is 0.467. The van der Waals surface area contributed by atoms with Gasteiger partial charge in [0.05, 0.1) is 17.9 Å². The highest BCUT2D eigenvalue weighted by Gasteiger charge is 2.33. The molecule has 9 heteroatoms. The summed E-state index contributed by atoms with van der Waals surface area (Å²) >= 11 is 0. The maximum Gasteiger partial charge on any atom is 0.291 e. The zero-order chi connectivity index (χ0) is 19.2. The zero-order valence-electron chi connectivity index (χ0n) is 15.4. The average Bonchev–Trinajstić information content (AvgIpc) is 2.60. The Morgan fingerprint density at radius 1 is 1.50 bits per heavy atom. The molecule has 8 nitrogen and oxygen atoms in total. The number of dihydropyridines is 1. The van der Waals surface area contributed by atoms with Crippen LogP contribution in [0, 0.1) is 17.2 Å². The van der Waals surface area contributed by atoms with Crippen LogP contribution < -0.4 is 5.32 Å². The Hall–Kier alpha value is -1.60. The molecular weight excluding hydrogens is 356 g/mol. The van der Waals surface area contributed by atoms with E-state index in [0.717, 1.165) is 39.0 Å². The molecule has 1 saturated heterocycles. The lowest BCUT2D eigenvalue weighted by Crippen LogP contribution is -2.42. The maximum atomic E-state index is 11.5. The molecule has 0 aromatic heterocycles. The minimum absolute atomic E-state index is 0.0301. The van der Waals surface area contributed by atoms with E-state index in [9.17, 15) is 18.2 Å². The summed E-state index contributed by atoms with van der Waals surface area (Å²) in [5.74, 6) is 0.336. The molecule has 2 heterocycles. The molecule has 0 aliphatic carbocycles. The number of likely N-dealkylation sites (tertiary alicyclic amines) is 1. The smallest absolute Gasteiger partial charge is 0.291 e. The van der Waals surface area contributed by atoms with Gasteiger partial charge in [0.25, 0.3) is 10.1 Å². The van der Waals surface area contributed by atoms with Gasteiger partial charge in [-0.05, 0) is 58.1 Å². The van der Waals surface area contributed by atoms with E-state index < -0.39 is 15.5 Å². The van der Waals surface area contributed by atoms with E-state index in [0.29, 0.717) is 24.8 Å². The van der Waals surface area contributed by atoms with E-state index in [-0.39, 0.29) is 5.57 Å². The van der Waals surface area contributed by atoms with E-state index in [4.69, 9.17) is 4.74 Å². The van der Waals surface area contributed by atoms with Crippen LogP contribution in [-0.2, 0) is 14.9 Å². The van der Waals surface area contributed by atoms with Crippen LogP contribution in [0.5, 0.6) is 0 Å². The van der Waals surface area contributed by atoms with Gasteiger partial charge in [-0.25, -0.2) is 0 Å². The van der Waals surface area contributed by atoms with Crippen molar-refractivity contribution < 1.29 is 17.7 Å². The Balaban J connectivity index is 1.98. The fraction of sp³-hybridized carbons (Fsp3) is 0.706. The van der Waals surface area contributed by atoms with Crippen molar-refractivity contribution in [2.24, 2.45) is 5.92 Å². The van der Waals surface area contributed by atoms with Gasteiger partial charge in [0, 0.05) is 19.7 Å². The number of hydrogen-bond donors (Lipinski definition) is 2. The van der Waals surface area contributed by atoms with E-state index in [1.54, 1.807) is 6.08 Å². The van der Waals surface area contributed by atoms with Crippen molar-refractivity contribution in [3.63, 3.8) is 0 Å². The number of nitrogens with one attached hydrogen (secondary N) is 1. The van der Waals surface area contributed by atoms with Crippen LogP contribution in [0.25, 0.3) is 0 Å². The molecule has 0 saturated carbocycles. The van der Waals surface area contributed by atoms with Crippen LogP contribution in [0.3, 0.4) is 0 Å². The average molecular weight is 385 g/mol. The van der Waals surface area contributed by atoms with Gasteiger partial charge in [-0.1, -0.05) is 0 Å². The first-order valence-electron chi connectivity index (χ1n) is 8.83. The number of ether oxygens (including phenoxy) is 1. The topological polar surface area (TPSA) is 106 Å². The fourth-order valence-electron chi connectivity index (χ4n) is 3.30. The number of hydrogen-bond acceptors (Lipinski definition) is 7. The van der Waals surface area contributed by atoms with Crippen LogP contribution in [0.1, 0.15) is 19.3 Å². The number of rotatable bonds is 8. The molecule has 0 radical (unpaired) electrons. The van der Waals surface area contributed by atoms with Gasteiger partial charge >= 0.3 is 0 Å². The molecule has 0 spiro atoms. The molecule has 2 unspecified atom stereocenters. The van der Waals surface area contributed by atoms with Crippen LogP contribution >= 0.6 is 0 Å². The summed E-state index contributed by atoms with van der Waals surface area (Å²) in [6.45, 7) is 3.82. The highest BCUT2D eigenvalue weighted by molar-refractivity contribution is 7.86. The van der Waals surface area contributed by atoms with Crippen LogP contribution in [0.15, 0.2) is 23.5 Å². The van der Waals surface area contributed by atoms with Crippen molar-refractivity contribution in [3.05, 3.63) is 23.5 Å². The largest absolute Gasteiger partial charge is 0.381 e. The summed E-state index contributed by atoms with van der Waals surface area (Å²) in [4.78, 5) is 4.14. The Kier molecular flexibility index (Phi) is 7.46. The van der Waals surface area contributed by atoms with Gasteiger partial charge in [-0.15, -0.1) is 0 Å². The molecule has 26 heavy (non-hydrogen) atoms. The summed E-state index contributed by atoms with van der Waals surface area (Å²) in [6.07, 6.45) is 6.14. The highest BCUT2D eigenvalue weighted by atomic mass is 32.2. The summed E-state index contributed by atoms with van der Waals surface area (Å²) < 4.78 is 38.2. The molecule has 2 atom stereocenters. The van der Waals surface area contributed by atoms with Crippen LogP contribution in [0.4, 0.5) is 0 Å². The van der Waals surface area contributed by atoms with Crippen molar-refractivity contribution in [2.75, 3.05) is 46.9 Å². The second kappa shape index (κ2) is 9.37. The lowest BCUT2D eigenvalue weighted by molar-refractivity contribution is 0.0658. The second-order valence-electron chi connectivity index (χ2n) is 6.99. The first-order chi connectivity index (χ1) is 12.3.